The molecule has 5 heteroatoms. The summed E-state index contributed by atoms with van der Waals surface area (Å²) in [5, 5.41) is 8.16. The van der Waals surface area contributed by atoms with Gasteiger partial charge in [0.05, 0.1) is 18.8 Å². The van der Waals surface area contributed by atoms with Gasteiger partial charge in [-0.05, 0) is 5.56 Å². The van der Waals surface area contributed by atoms with Crippen LogP contribution in [0.15, 0.2) is 30.3 Å². The van der Waals surface area contributed by atoms with Gasteiger partial charge in [0.1, 0.15) is 11.8 Å². The molecule has 0 bridgehead atoms. The zero-order valence-electron chi connectivity index (χ0n) is 9.41. The van der Waals surface area contributed by atoms with Crippen LogP contribution in [0.1, 0.15) is 23.1 Å². The normalized spacial score (nSPS) is 19.0. The minimum atomic E-state index is 0.0519. The fourth-order valence-electron chi connectivity index (χ4n) is 2.09. The van der Waals surface area contributed by atoms with E-state index in [1.807, 2.05) is 22.9 Å². The third kappa shape index (κ3) is 1.83. The summed E-state index contributed by atoms with van der Waals surface area (Å²) >= 11 is 0. The maximum atomic E-state index is 5.83. The number of nitrogens with two attached hydrogens (primary N) is 1. The van der Waals surface area contributed by atoms with Gasteiger partial charge in [0.15, 0.2) is 0 Å². The molecule has 0 saturated carbocycles. The van der Waals surface area contributed by atoms with Gasteiger partial charge in [-0.25, -0.2) is 4.68 Å². The SMILES string of the molecule is NCc1nnn2c1CO[C@H](c1ccccc1)C2. The quantitative estimate of drug-likeness (QED) is 0.836. The molecule has 17 heavy (non-hydrogen) atoms. The third-order valence-corrected chi connectivity index (χ3v) is 3.04. The number of benzene rings is 1. The summed E-state index contributed by atoms with van der Waals surface area (Å²) in [6.45, 7) is 1.64. The zero-order valence-corrected chi connectivity index (χ0v) is 9.41. The van der Waals surface area contributed by atoms with Gasteiger partial charge in [-0.3, -0.25) is 0 Å². The summed E-state index contributed by atoms with van der Waals surface area (Å²) in [6.07, 6.45) is 0.0519. The van der Waals surface area contributed by atoms with Crippen LogP contribution in [0.3, 0.4) is 0 Å². The highest BCUT2D eigenvalue weighted by molar-refractivity contribution is 5.19. The Kier molecular flexibility index (Phi) is 2.62. The number of hydrogen-bond donors (Lipinski definition) is 1. The molecule has 0 amide bonds. The Morgan fingerprint density at radius 3 is 2.94 bits per heavy atom. The Bertz CT molecular complexity index is 508. The van der Waals surface area contributed by atoms with Crippen molar-refractivity contribution in [2.24, 2.45) is 5.73 Å². The van der Waals surface area contributed by atoms with Crippen LogP contribution >= 0.6 is 0 Å². The van der Waals surface area contributed by atoms with E-state index in [0.717, 1.165) is 11.4 Å². The highest BCUT2D eigenvalue weighted by Crippen LogP contribution is 2.26. The van der Waals surface area contributed by atoms with Gasteiger partial charge in [0.25, 0.3) is 0 Å². The first-order valence-corrected chi connectivity index (χ1v) is 5.66. The van der Waals surface area contributed by atoms with Gasteiger partial charge in [0, 0.05) is 6.54 Å². The minimum Gasteiger partial charge on any atom is -0.365 e. The van der Waals surface area contributed by atoms with Crippen molar-refractivity contribution in [3.05, 3.63) is 47.3 Å². The topological polar surface area (TPSA) is 66.0 Å². The van der Waals surface area contributed by atoms with E-state index in [0.29, 0.717) is 19.7 Å². The number of nitrogens with zero attached hydrogens (tertiary/aromatic N) is 3. The van der Waals surface area contributed by atoms with Crippen molar-refractivity contribution in [2.75, 3.05) is 0 Å². The lowest BCUT2D eigenvalue weighted by Crippen LogP contribution is -2.22. The predicted molar refractivity (Wildman–Crippen MR) is 61.9 cm³/mol. The second-order valence-electron chi connectivity index (χ2n) is 4.08. The van der Waals surface area contributed by atoms with Gasteiger partial charge < -0.3 is 10.5 Å². The summed E-state index contributed by atoms with van der Waals surface area (Å²) in [6, 6.07) is 10.2. The van der Waals surface area contributed by atoms with Crippen LogP contribution in [0.4, 0.5) is 0 Å². The molecule has 2 N–H and O–H groups in total. The highest BCUT2D eigenvalue weighted by atomic mass is 16.5. The van der Waals surface area contributed by atoms with Crippen LogP contribution in [0.2, 0.25) is 0 Å². The molecule has 2 aromatic rings. The molecule has 1 aromatic carbocycles. The molecule has 2 heterocycles. The molecule has 0 aliphatic carbocycles. The standard InChI is InChI=1S/C12H14N4O/c13-6-10-11-8-17-12(7-16(11)15-14-10)9-4-2-1-3-5-9/h1-5,12H,6-8,13H2/t12-/m0/s1. The molecule has 1 aromatic heterocycles. The van der Waals surface area contributed by atoms with Crippen LogP contribution in [-0.2, 0) is 24.4 Å². The molecule has 1 aliphatic rings. The molecular formula is C12H14N4O. The zero-order chi connectivity index (χ0) is 11.7. The fourth-order valence-corrected chi connectivity index (χ4v) is 2.09. The van der Waals surface area contributed by atoms with E-state index in [9.17, 15) is 0 Å². The van der Waals surface area contributed by atoms with E-state index in [4.69, 9.17) is 10.5 Å². The first-order valence-electron chi connectivity index (χ1n) is 5.66. The van der Waals surface area contributed by atoms with E-state index in [-0.39, 0.29) is 6.10 Å². The van der Waals surface area contributed by atoms with Gasteiger partial charge in [0.2, 0.25) is 0 Å². The van der Waals surface area contributed by atoms with Crippen LogP contribution in [0.25, 0.3) is 0 Å². The molecule has 5 nitrogen and oxygen atoms in total. The smallest absolute Gasteiger partial charge is 0.103 e. The molecule has 0 saturated heterocycles. The Morgan fingerprint density at radius 2 is 2.18 bits per heavy atom. The van der Waals surface area contributed by atoms with E-state index in [2.05, 4.69) is 22.4 Å². The number of hydrogen-bond acceptors (Lipinski definition) is 4. The van der Waals surface area contributed by atoms with Crippen LogP contribution in [-0.4, -0.2) is 15.0 Å². The summed E-state index contributed by atoms with van der Waals surface area (Å²) < 4.78 is 7.73. The molecule has 1 aliphatic heterocycles. The van der Waals surface area contributed by atoms with E-state index in [1.54, 1.807) is 0 Å². The molecule has 1 atom stereocenters. The van der Waals surface area contributed by atoms with Crippen LogP contribution < -0.4 is 5.73 Å². The molecule has 0 spiro atoms. The summed E-state index contributed by atoms with van der Waals surface area (Å²) in [7, 11) is 0. The first-order chi connectivity index (χ1) is 8.38. The van der Waals surface area contributed by atoms with E-state index >= 15 is 0 Å². The number of ether oxygens (including phenoxy) is 1. The Morgan fingerprint density at radius 1 is 1.35 bits per heavy atom. The van der Waals surface area contributed by atoms with E-state index < -0.39 is 0 Å². The second kappa shape index (κ2) is 4.27. The average molecular weight is 230 g/mol. The highest BCUT2D eigenvalue weighted by Gasteiger charge is 2.23. The molecular weight excluding hydrogens is 216 g/mol. The van der Waals surface area contributed by atoms with Crippen molar-refractivity contribution in [3.8, 4) is 0 Å². The van der Waals surface area contributed by atoms with Crippen LogP contribution in [0, 0.1) is 0 Å². The summed E-state index contributed by atoms with van der Waals surface area (Å²) in [4.78, 5) is 0. The second-order valence-corrected chi connectivity index (χ2v) is 4.08. The fraction of sp³-hybridized carbons (Fsp3) is 0.333. The van der Waals surface area contributed by atoms with Gasteiger partial charge in [-0.15, -0.1) is 5.10 Å². The van der Waals surface area contributed by atoms with Gasteiger partial charge in [-0.2, -0.15) is 0 Å². The molecule has 0 unspecified atom stereocenters. The number of aromatic nitrogens is 3. The maximum Gasteiger partial charge on any atom is 0.103 e. The number of fused-ring (bicyclic) bond motifs is 1. The maximum absolute atomic E-state index is 5.83. The molecule has 0 fully saturated rings. The Labute approximate surface area is 99.2 Å². The van der Waals surface area contributed by atoms with Gasteiger partial charge >= 0.3 is 0 Å². The number of rotatable bonds is 2. The van der Waals surface area contributed by atoms with Crippen molar-refractivity contribution >= 4 is 0 Å². The summed E-state index contributed by atoms with van der Waals surface area (Å²) in [5.74, 6) is 0. The Hall–Kier alpha value is -1.72. The van der Waals surface area contributed by atoms with Crippen LogP contribution in [0.5, 0.6) is 0 Å². The van der Waals surface area contributed by atoms with Gasteiger partial charge in [-0.1, -0.05) is 35.5 Å². The van der Waals surface area contributed by atoms with E-state index in [1.165, 1.54) is 5.56 Å². The molecule has 0 radical (unpaired) electrons. The molecule has 3 rings (SSSR count). The Balaban J connectivity index is 1.86. The lowest BCUT2D eigenvalue weighted by Gasteiger charge is -2.24. The first kappa shape index (κ1) is 10.4. The van der Waals surface area contributed by atoms with Crippen molar-refractivity contribution in [1.29, 1.82) is 0 Å². The van der Waals surface area contributed by atoms with Crippen molar-refractivity contribution in [3.63, 3.8) is 0 Å². The lowest BCUT2D eigenvalue weighted by atomic mass is 10.1. The van der Waals surface area contributed by atoms with Crippen molar-refractivity contribution in [1.82, 2.24) is 15.0 Å². The predicted octanol–water partition coefficient (Wildman–Crippen LogP) is 1.01. The summed E-state index contributed by atoms with van der Waals surface area (Å²) in [5.41, 5.74) is 8.59. The minimum absolute atomic E-state index is 0.0519. The lowest BCUT2D eigenvalue weighted by molar-refractivity contribution is -0.00178. The molecule has 88 valence electrons. The monoisotopic (exact) mass is 230 g/mol. The van der Waals surface area contributed by atoms with Crippen molar-refractivity contribution < 1.29 is 4.74 Å². The average Bonchev–Trinajstić information content (AvgIpc) is 2.81. The third-order valence-electron chi connectivity index (χ3n) is 3.04. The largest absolute Gasteiger partial charge is 0.365 e. The van der Waals surface area contributed by atoms with Crippen molar-refractivity contribution in [2.45, 2.75) is 25.8 Å².